The number of aromatic amines is 1. The Morgan fingerprint density at radius 1 is 1.48 bits per heavy atom. The monoisotopic (exact) mass is 316 g/mol. The second-order valence-corrected chi connectivity index (χ2v) is 7.40. The van der Waals surface area contributed by atoms with E-state index >= 15 is 0 Å². The van der Waals surface area contributed by atoms with Gasteiger partial charge in [0.1, 0.15) is 0 Å². The van der Waals surface area contributed by atoms with Gasteiger partial charge in [-0.2, -0.15) is 5.10 Å². The predicted molar refractivity (Wildman–Crippen MR) is 79.3 cm³/mol. The topological polar surface area (TPSA) is 96.1 Å². The van der Waals surface area contributed by atoms with E-state index in [4.69, 9.17) is 4.74 Å². The van der Waals surface area contributed by atoms with Crippen LogP contribution in [0, 0.1) is 0 Å². The maximum absolute atomic E-state index is 12.5. The number of aromatic nitrogens is 2. The molecule has 2 rings (SSSR count). The van der Waals surface area contributed by atoms with E-state index in [2.05, 4.69) is 20.2 Å². The number of nitrogens with zero attached hydrogens (tertiary/aromatic N) is 1. The number of ether oxygens (including phenoxy) is 1. The van der Waals surface area contributed by atoms with Crippen LogP contribution in [0.3, 0.4) is 0 Å². The summed E-state index contributed by atoms with van der Waals surface area (Å²) >= 11 is 0. The maximum atomic E-state index is 12.5. The standard InChI is InChI=1S/C13H24N4O3S/c1-9(2)14-7-10-8-15-16-13(10)21(18,19)17-11-4-5-12(6-11)20-3/h8-9,11-12,14,17H,4-7H2,1-3H3,(H,15,16). The molecular formula is C13H24N4O3S. The molecule has 21 heavy (non-hydrogen) atoms. The number of H-pyrrole nitrogens is 1. The van der Waals surface area contributed by atoms with Crippen LogP contribution in [-0.4, -0.2) is 43.9 Å². The highest BCUT2D eigenvalue weighted by atomic mass is 32.2. The minimum Gasteiger partial charge on any atom is -0.381 e. The molecule has 8 heteroatoms. The van der Waals surface area contributed by atoms with Crippen LogP contribution >= 0.6 is 0 Å². The first-order valence-corrected chi connectivity index (χ1v) is 8.71. The second-order valence-electron chi connectivity index (χ2n) is 5.75. The van der Waals surface area contributed by atoms with Crippen molar-refractivity contribution in [2.75, 3.05) is 7.11 Å². The van der Waals surface area contributed by atoms with Crippen molar-refractivity contribution in [3.63, 3.8) is 0 Å². The highest BCUT2D eigenvalue weighted by molar-refractivity contribution is 7.89. The van der Waals surface area contributed by atoms with Gasteiger partial charge < -0.3 is 10.1 Å². The van der Waals surface area contributed by atoms with E-state index in [9.17, 15) is 8.42 Å². The maximum Gasteiger partial charge on any atom is 0.258 e. The third-order valence-electron chi connectivity index (χ3n) is 3.69. The Bertz CT molecular complexity index is 556. The quantitative estimate of drug-likeness (QED) is 0.690. The van der Waals surface area contributed by atoms with E-state index in [1.165, 1.54) is 0 Å². The molecule has 1 aromatic heterocycles. The fourth-order valence-electron chi connectivity index (χ4n) is 2.51. The van der Waals surface area contributed by atoms with Gasteiger partial charge in [0, 0.05) is 31.3 Å². The first kappa shape index (κ1) is 16.4. The minimum absolute atomic E-state index is 0.0749. The Kier molecular flexibility index (Phi) is 5.37. The van der Waals surface area contributed by atoms with Crippen LogP contribution in [0.15, 0.2) is 11.2 Å². The lowest BCUT2D eigenvalue weighted by molar-refractivity contribution is 0.107. The fourth-order valence-corrected chi connectivity index (χ4v) is 3.93. The molecule has 1 aromatic rings. The molecule has 0 spiro atoms. The molecule has 0 aromatic carbocycles. The molecule has 1 aliphatic carbocycles. The zero-order valence-electron chi connectivity index (χ0n) is 12.7. The van der Waals surface area contributed by atoms with E-state index in [0.29, 0.717) is 18.5 Å². The first-order chi connectivity index (χ1) is 9.92. The number of rotatable bonds is 7. The zero-order chi connectivity index (χ0) is 15.5. The number of hydrogen-bond acceptors (Lipinski definition) is 5. The van der Waals surface area contributed by atoms with Crippen molar-refractivity contribution >= 4 is 10.0 Å². The average molecular weight is 316 g/mol. The lowest BCUT2D eigenvalue weighted by Crippen LogP contribution is -2.34. The first-order valence-electron chi connectivity index (χ1n) is 7.23. The van der Waals surface area contributed by atoms with Gasteiger partial charge in [0.05, 0.1) is 12.3 Å². The minimum atomic E-state index is -3.57. The molecule has 2 atom stereocenters. The van der Waals surface area contributed by atoms with Crippen molar-refractivity contribution in [3.8, 4) is 0 Å². The highest BCUT2D eigenvalue weighted by Crippen LogP contribution is 2.23. The molecular weight excluding hydrogens is 292 g/mol. The Labute approximate surface area is 125 Å². The van der Waals surface area contributed by atoms with Crippen LogP contribution in [0.25, 0.3) is 0 Å². The molecule has 2 unspecified atom stereocenters. The average Bonchev–Trinajstić information content (AvgIpc) is 3.04. The summed E-state index contributed by atoms with van der Waals surface area (Å²) in [6.07, 6.45) is 4.08. The fraction of sp³-hybridized carbons (Fsp3) is 0.769. The smallest absolute Gasteiger partial charge is 0.258 e. The van der Waals surface area contributed by atoms with Crippen LogP contribution in [0.1, 0.15) is 38.7 Å². The van der Waals surface area contributed by atoms with Gasteiger partial charge >= 0.3 is 0 Å². The summed E-state index contributed by atoms with van der Waals surface area (Å²) in [4.78, 5) is 0. The van der Waals surface area contributed by atoms with E-state index in [1.807, 2.05) is 13.8 Å². The van der Waals surface area contributed by atoms with Crippen molar-refractivity contribution in [2.45, 2.75) is 62.9 Å². The number of nitrogens with one attached hydrogen (secondary N) is 3. The molecule has 0 amide bonds. The lowest BCUT2D eigenvalue weighted by Gasteiger charge is -2.14. The van der Waals surface area contributed by atoms with Crippen LogP contribution in [0.5, 0.6) is 0 Å². The van der Waals surface area contributed by atoms with E-state index in [-0.39, 0.29) is 23.2 Å². The summed E-state index contributed by atoms with van der Waals surface area (Å²) in [7, 11) is -1.92. The third kappa shape index (κ3) is 4.26. The summed E-state index contributed by atoms with van der Waals surface area (Å²) in [5.41, 5.74) is 0.650. The van der Waals surface area contributed by atoms with Gasteiger partial charge in [-0.1, -0.05) is 13.8 Å². The molecule has 7 nitrogen and oxygen atoms in total. The van der Waals surface area contributed by atoms with Gasteiger partial charge in [-0.15, -0.1) is 0 Å². The van der Waals surface area contributed by atoms with Gasteiger partial charge in [0.25, 0.3) is 10.0 Å². The van der Waals surface area contributed by atoms with E-state index in [0.717, 1.165) is 12.8 Å². The number of sulfonamides is 1. The van der Waals surface area contributed by atoms with Crippen molar-refractivity contribution < 1.29 is 13.2 Å². The molecule has 0 bridgehead atoms. The summed E-state index contributed by atoms with van der Waals surface area (Å²) in [6.45, 7) is 4.49. The Morgan fingerprint density at radius 3 is 2.86 bits per heavy atom. The van der Waals surface area contributed by atoms with Crippen LogP contribution in [-0.2, 0) is 21.3 Å². The summed E-state index contributed by atoms with van der Waals surface area (Å²) in [5, 5.41) is 9.81. The molecule has 0 aliphatic heterocycles. The predicted octanol–water partition coefficient (Wildman–Crippen LogP) is 0.754. The molecule has 120 valence electrons. The van der Waals surface area contributed by atoms with Crippen molar-refractivity contribution in [3.05, 3.63) is 11.8 Å². The van der Waals surface area contributed by atoms with Gasteiger partial charge in [0.2, 0.25) is 0 Å². The summed E-state index contributed by atoms with van der Waals surface area (Å²) < 4.78 is 32.9. The molecule has 1 saturated carbocycles. The molecule has 1 heterocycles. The van der Waals surface area contributed by atoms with Crippen LogP contribution < -0.4 is 10.0 Å². The van der Waals surface area contributed by atoms with Crippen molar-refractivity contribution in [2.24, 2.45) is 0 Å². The molecule has 1 aliphatic rings. The van der Waals surface area contributed by atoms with Gasteiger partial charge in [-0.3, -0.25) is 5.10 Å². The Balaban J connectivity index is 2.04. The molecule has 3 N–H and O–H groups in total. The molecule has 1 fully saturated rings. The Hall–Kier alpha value is -0.960. The van der Waals surface area contributed by atoms with Gasteiger partial charge in [-0.25, -0.2) is 13.1 Å². The third-order valence-corrected chi connectivity index (χ3v) is 5.22. The van der Waals surface area contributed by atoms with E-state index < -0.39 is 10.0 Å². The largest absolute Gasteiger partial charge is 0.381 e. The van der Waals surface area contributed by atoms with Gasteiger partial charge in [-0.05, 0) is 19.3 Å². The lowest BCUT2D eigenvalue weighted by atomic mass is 10.3. The van der Waals surface area contributed by atoms with Crippen LogP contribution in [0.2, 0.25) is 0 Å². The number of hydrogen-bond donors (Lipinski definition) is 3. The van der Waals surface area contributed by atoms with Crippen molar-refractivity contribution in [1.82, 2.24) is 20.2 Å². The van der Waals surface area contributed by atoms with Crippen LogP contribution in [0.4, 0.5) is 0 Å². The number of methoxy groups -OCH3 is 1. The van der Waals surface area contributed by atoms with Gasteiger partial charge in [0.15, 0.2) is 5.03 Å². The second kappa shape index (κ2) is 6.87. The summed E-state index contributed by atoms with van der Waals surface area (Å²) in [5.74, 6) is 0. The highest BCUT2D eigenvalue weighted by Gasteiger charge is 2.30. The summed E-state index contributed by atoms with van der Waals surface area (Å²) in [6, 6.07) is 0.204. The van der Waals surface area contributed by atoms with Crippen molar-refractivity contribution in [1.29, 1.82) is 0 Å². The SMILES string of the molecule is COC1CCC(NS(=O)(=O)c2[nH]ncc2CNC(C)C)C1. The molecule has 0 radical (unpaired) electrons. The molecule has 0 saturated heterocycles. The zero-order valence-corrected chi connectivity index (χ0v) is 13.5. The normalized spacial score (nSPS) is 23.0. The Morgan fingerprint density at radius 2 is 2.24 bits per heavy atom. The van der Waals surface area contributed by atoms with E-state index in [1.54, 1.807) is 13.3 Å².